The van der Waals surface area contributed by atoms with Crippen molar-refractivity contribution in [2.24, 2.45) is 5.41 Å². The molecule has 0 radical (unpaired) electrons. The van der Waals surface area contributed by atoms with Gasteiger partial charge in [0.2, 0.25) is 0 Å². The third-order valence-electron chi connectivity index (χ3n) is 5.30. The summed E-state index contributed by atoms with van der Waals surface area (Å²) in [4.78, 5) is 24.7. The normalized spacial score (nSPS) is 22.0. The Morgan fingerprint density at radius 3 is 2.52 bits per heavy atom. The number of carbonyl (C=O) groups is 2. The van der Waals surface area contributed by atoms with E-state index >= 15 is 0 Å². The predicted molar refractivity (Wildman–Crippen MR) is 94.7 cm³/mol. The van der Waals surface area contributed by atoms with Gasteiger partial charge in [0, 0.05) is 25.9 Å². The standard InChI is InChI=1S/C18H23NO7S/c1-13-2-4-15(5-3-13)27(23,24)25-11-6-14-12-18(16(20)26-14)7-9-19(10-8-18)17(21)22/h2-5,14H,6-12H2,1H3,(H,21,22). The van der Waals surface area contributed by atoms with Crippen molar-refractivity contribution in [2.75, 3.05) is 19.7 Å². The fourth-order valence-electron chi connectivity index (χ4n) is 3.59. The van der Waals surface area contributed by atoms with Crippen LogP contribution in [0, 0.1) is 12.3 Å². The Kier molecular flexibility index (Phi) is 5.43. The molecule has 8 nitrogen and oxygen atoms in total. The zero-order chi connectivity index (χ0) is 19.7. The van der Waals surface area contributed by atoms with E-state index in [1.165, 1.54) is 17.0 Å². The topological polar surface area (TPSA) is 110 Å². The highest BCUT2D eigenvalue weighted by Gasteiger charge is 2.50. The second-order valence-corrected chi connectivity index (χ2v) is 8.77. The Morgan fingerprint density at radius 1 is 1.30 bits per heavy atom. The number of esters is 1. The molecular weight excluding hydrogens is 374 g/mol. The molecule has 1 spiro atoms. The van der Waals surface area contributed by atoms with Gasteiger partial charge in [0.25, 0.3) is 10.1 Å². The van der Waals surface area contributed by atoms with Crippen LogP contribution < -0.4 is 0 Å². The number of nitrogens with zero attached hydrogens (tertiary/aromatic N) is 1. The van der Waals surface area contributed by atoms with Gasteiger partial charge in [0.05, 0.1) is 16.9 Å². The summed E-state index contributed by atoms with van der Waals surface area (Å²) in [6.07, 6.45) is 0.201. The molecule has 1 unspecified atom stereocenters. The number of piperidine rings is 1. The van der Waals surface area contributed by atoms with Crippen LogP contribution >= 0.6 is 0 Å². The monoisotopic (exact) mass is 397 g/mol. The minimum absolute atomic E-state index is 0.0779. The number of likely N-dealkylation sites (tertiary alicyclic amines) is 1. The van der Waals surface area contributed by atoms with Gasteiger partial charge in [-0.25, -0.2) is 4.79 Å². The molecule has 27 heavy (non-hydrogen) atoms. The van der Waals surface area contributed by atoms with Crippen LogP contribution in [-0.2, 0) is 23.8 Å². The van der Waals surface area contributed by atoms with Gasteiger partial charge in [-0.2, -0.15) is 8.42 Å². The molecule has 1 atom stereocenters. The maximum Gasteiger partial charge on any atom is 0.407 e. The molecule has 1 aromatic rings. The molecule has 0 bridgehead atoms. The molecule has 2 aliphatic heterocycles. The Morgan fingerprint density at radius 2 is 1.93 bits per heavy atom. The lowest BCUT2D eigenvalue weighted by Gasteiger charge is -2.34. The van der Waals surface area contributed by atoms with Crippen LogP contribution in [0.5, 0.6) is 0 Å². The van der Waals surface area contributed by atoms with Crippen molar-refractivity contribution in [3.63, 3.8) is 0 Å². The van der Waals surface area contributed by atoms with E-state index in [4.69, 9.17) is 14.0 Å². The average Bonchev–Trinajstić information content (AvgIpc) is 2.91. The average molecular weight is 397 g/mol. The third kappa shape index (κ3) is 4.24. The predicted octanol–water partition coefficient (Wildman–Crippen LogP) is 2.17. The first-order valence-electron chi connectivity index (χ1n) is 8.87. The summed E-state index contributed by atoms with van der Waals surface area (Å²) in [6.45, 7) is 2.39. The number of cyclic esters (lactones) is 1. The number of aryl methyl sites for hydroxylation is 1. The van der Waals surface area contributed by atoms with Gasteiger partial charge >= 0.3 is 12.1 Å². The lowest BCUT2D eigenvalue weighted by molar-refractivity contribution is -0.150. The highest BCUT2D eigenvalue weighted by Crippen LogP contribution is 2.43. The van der Waals surface area contributed by atoms with E-state index in [2.05, 4.69) is 0 Å². The number of amides is 1. The first-order valence-corrected chi connectivity index (χ1v) is 10.3. The molecule has 1 amide bonds. The zero-order valence-corrected chi connectivity index (χ0v) is 15.9. The van der Waals surface area contributed by atoms with E-state index in [1.807, 2.05) is 6.92 Å². The fraction of sp³-hybridized carbons (Fsp3) is 0.556. The molecule has 2 fully saturated rings. The smallest absolute Gasteiger partial charge is 0.407 e. The molecule has 0 saturated carbocycles. The van der Waals surface area contributed by atoms with Crippen molar-refractivity contribution in [2.45, 2.75) is 43.6 Å². The molecule has 1 aromatic carbocycles. The van der Waals surface area contributed by atoms with E-state index in [0.717, 1.165) is 5.56 Å². The van der Waals surface area contributed by atoms with Gasteiger partial charge in [-0.1, -0.05) is 17.7 Å². The van der Waals surface area contributed by atoms with Crippen LogP contribution in [0.4, 0.5) is 4.79 Å². The Bertz CT molecular complexity index is 811. The van der Waals surface area contributed by atoms with E-state index in [1.54, 1.807) is 12.1 Å². The molecule has 148 valence electrons. The lowest BCUT2D eigenvalue weighted by atomic mass is 9.76. The SMILES string of the molecule is Cc1ccc(S(=O)(=O)OCCC2CC3(CCN(C(=O)O)CC3)C(=O)O2)cc1. The van der Waals surface area contributed by atoms with Gasteiger partial charge in [0.15, 0.2) is 0 Å². The van der Waals surface area contributed by atoms with E-state index in [-0.39, 0.29) is 23.9 Å². The van der Waals surface area contributed by atoms with Gasteiger partial charge in [-0.15, -0.1) is 0 Å². The molecule has 0 aromatic heterocycles. The molecule has 2 heterocycles. The highest BCUT2D eigenvalue weighted by atomic mass is 32.2. The van der Waals surface area contributed by atoms with E-state index in [0.29, 0.717) is 32.4 Å². The van der Waals surface area contributed by atoms with E-state index in [9.17, 15) is 18.0 Å². The lowest BCUT2D eigenvalue weighted by Crippen LogP contribution is -2.44. The largest absolute Gasteiger partial charge is 0.465 e. The van der Waals surface area contributed by atoms with Gasteiger partial charge < -0.3 is 14.7 Å². The fourth-order valence-corrected chi connectivity index (χ4v) is 4.52. The van der Waals surface area contributed by atoms with Crippen LogP contribution in [0.3, 0.4) is 0 Å². The van der Waals surface area contributed by atoms with Crippen LogP contribution in [0.1, 0.15) is 31.2 Å². The van der Waals surface area contributed by atoms with Gasteiger partial charge in [0.1, 0.15) is 6.10 Å². The van der Waals surface area contributed by atoms with Crippen molar-refractivity contribution in [1.29, 1.82) is 0 Å². The van der Waals surface area contributed by atoms with Crippen LogP contribution in [0.15, 0.2) is 29.2 Å². The molecule has 2 aliphatic rings. The molecule has 2 saturated heterocycles. The summed E-state index contributed by atoms with van der Waals surface area (Å²) >= 11 is 0. The number of benzene rings is 1. The minimum atomic E-state index is -3.84. The van der Waals surface area contributed by atoms with Crippen molar-refractivity contribution < 1.29 is 32.0 Å². The van der Waals surface area contributed by atoms with Crippen molar-refractivity contribution in [3.8, 4) is 0 Å². The van der Waals surface area contributed by atoms with Crippen LogP contribution in [0.2, 0.25) is 0 Å². The maximum absolute atomic E-state index is 12.3. The number of hydrogen-bond donors (Lipinski definition) is 1. The number of hydrogen-bond acceptors (Lipinski definition) is 6. The van der Waals surface area contributed by atoms with E-state index < -0.39 is 27.7 Å². The second-order valence-electron chi connectivity index (χ2n) is 7.16. The molecule has 3 rings (SSSR count). The summed E-state index contributed by atoms with van der Waals surface area (Å²) in [5.41, 5.74) is 0.290. The van der Waals surface area contributed by atoms with Crippen LogP contribution in [-0.4, -0.2) is 56.3 Å². The number of ether oxygens (including phenoxy) is 1. The van der Waals surface area contributed by atoms with Gasteiger partial charge in [-0.3, -0.25) is 8.98 Å². The third-order valence-corrected chi connectivity index (χ3v) is 6.63. The molecule has 9 heteroatoms. The molecule has 0 aliphatic carbocycles. The maximum atomic E-state index is 12.3. The van der Waals surface area contributed by atoms with Crippen molar-refractivity contribution in [3.05, 3.63) is 29.8 Å². The highest BCUT2D eigenvalue weighted by molar-refractivity contribution is 7.86. The van der Waals surface area contributed by atoms with Crippen LogP contribution in [0.25, 0.3) is 0 Å². The zero-order valence-electron chi connectivity index (χ0n) is 15.1. The number of carbonyl (C=O) groups excluding carboxylic acids is 1. The summed E-state index contributed by atoms with van der Waals surface area (Å²) in [5.74, 6) is -0.320. The number of rotatable bonds is 5. The molecular formula is C18H23NO7S. The van der Waals surface area contributed by atoms with Gasteiger partial charge in [-0.05, 0) is 31.9 Å². The first-order chi connectivity index (χ1) is 12.7. The van der Waals surface area contributed by atoms with Crippen molar-refractivity contribution in [1.82, 2.24) is 4.90 Å². The quantitative estimate of drug-likeness (QED) is 0.599. The summed E-state index contributed by atoms with van der Waals surface area (Å²) < 4.78 is 34.8. The summed E-state index contributed by atoms with van der Waals surface area (Å²) in [6, 6.07) is 6.38. The Balaban J connectivity index is 1.52. The first kappa shape index (κ1) is 19.6. The summed E-state index contributed by atoms with van der Waals surface area (Å²) in [7, 11) is -3.84. The summed E-state index contributed by atoms with van der Waals surface area (Å²) in [5, 5.41) is 9.03. The molecule has 1 N–H and O–H groups in total. The minimum Gasteiger partial charge on any atom is -0.465 e. The Labute approximate surface area is 158 Å². The number of carboxylic acid groups (broad SMARTS) is 1. The van der Waals surface area contributed by atoms with Crippen molar-refractivity contribution >= 4 is 22.2 Å². The Hall–Kier alpha value is -2.13. The second kappa shape index (κ2) is 7.47.